The molecular weight excluding hydrogens is 1260 g/mol. The average Bonchev–Trinajstić information content (AvgIpc) is 1.16. The molecule has 0 saturated heterocycles. The Bertz CT molecular complexity index is 3300. The molecule has 0 saturated carbocycles. The van der Waals surface area contributed by atoms with Crippen molar-refractivity contribution >= 4 is 114 Å². The van der Waals surface area contributed by atoms with Gasteiger partial charge in [0, 0.05) is 44.1 Å². The summed E-state index contributed by atoms with van der Waals surface area (Å²) in [6.07, 6.45) is 0. The van der Waals surface area contributed by atoms with Gasteiger partial charge in [-0.25, -0.2) is 0 Å². The van der Waals surface area contributed by atoms with Crippen LogP contribution in [0.5, 0.6) is 0 Å². The molecule has 0 atom stereocenters. The van der Waals surface area contributed by atoms with Crippen molar-refractivity contribution < 1.29 is 0 Å². The van der Waals surface area contributed by atoms with Crippen LogP contribution in [-0.2, 0) is 0 Å². The van der Waals surface area contributed by atoms with Crippen molar-refractivity contribution in [3.63, 3.8) is 0 Å². The molecule has 0 aliphatic carbocycles. The normalized spacial score (nSPS) is 9.86. The van der Waals surface area contributed by atoms with Crippen LogP contribution in [0.3, 0.4) is 0 Å². The van der Waals surface area contributed by atoms with E-state index in [1.165, 1.54) is 145 Å². The van der Waals surface area contributed by atoms with Gasteiger partial charge in [-0.1, -0.05) is 91.3 Å². The van der Waals surface area contributed by atoms with Gasteiger partial charge < -0.3 is 0 Å². The van der Waals surface area contributed by atoms with Crippen LogP contribution in [0.1, 0.15) is 152 Å². The molecule has 488 valence electrons. The third kappa shape index (κ3) is 28.0. The number of thiol groups is 9. The van der Waals surface area contributed by atoms with E-state index in [0.717, 1.165) is 44.1 Å². The minimum absolute atomic E-state index is 0. The number of aryl methyl sites for hydroxylation is 13. The molecular formula is C81H110S9. The Morgan fingerprint density at radius 2 is 0.511 bits per heavy atom. The summed E-state index contributed by atoms with van der Waals surface area (Å²) >= 11 is 38.9. The van der Waals surface area contributed by atoms with Gasteiger partial charge in [-0.15, -0.1) is 114 Å². The third-order valence-corrected chi connectivity index (χ3v) is 21.7. The summed E-state index contributed by atoms with van der Waals surface area (Å²) in [6, 6.07) is 39.2. The van der Waals surface area contributed by atoms with Crippen LogP contribution in [0, 0.1) is 180 Å². The first kappa shape index (κ1) is 86.1. The van der Waals surface area contributed by atoms with E-state index in [9.17, 15) is 0 Å². The Morgan fingerprint density at radius 1 is 0.178 bits per heavy atom. The van der Waals surface area contributed by atoms with Crippen molar-refractivity contribution in [2.75, 3.05) is 0 Å². The first-order valence-electron chi connectivity index (χ1n) is 30.0. The molecule has 0 aromatic heterocycles. The lowest BCUT2D eigenvalue weighted by Crippen LogP contribution is -1.96. The summed E-state index contributed by atoms with van der Waals surface area (Å²) in [4.78, 5) is 9.85. The number of hydrogen-bond acceptors (Lipinski definition) is 9. The lowest BCUT2D eigenvalue weighted by molar-refractivity contribution is 1.10. The van der Waals surface area contributed by atoms with Gasteiger partial charge in [-0.2, -0.15) is 0 Å². The lowest BCUT2D eigenvalue weighted by atomic mass is 9.95. The van der Waals surface area contributed by atoms with Crippen LogP contribution in [-0.4, -0.2) is 0 Å². The van der Waals surface area contributed by atoms with Gasteiger partial charge in [-0.05, 0) is 356 Å². The van der Waals surface area contributed by atoms with Gasteiger partial charge in [0.15, 0.2) is 0 Å². The molecule has 0 bridgehead atoms. The molecule has 0 aliphatic rings. The topological polar surface area (TPSA) is 0 Å². The van der Waals surface area contributed by atoms with E-state index >= 15 is 0 Å². The quantitative estimate of drug-likeness (QED) is 0.0665. The van der Waals surface area contributed by atoms with Crippen LogP contribution in [0.4, 0.5) is 0 Å². The van der Waals surface area contributed by atoms with Crippen molar-refractivity contribution in [1.82, 2.24) is 0 Å². The van der Waals surface area contributed by atoms with Crippen LogP contribution in [0.2, 0.25) is 0 Å². The molecule has 0 nitrogen and oxygen atoms in total. The Hall–Kier alpha value is -3.87. The predicted molar refractivity (Wildman–Crippen MR) is 433 cm³/mol. The fraction of sp³-hybridized carbons (Fsp3) is 0.333. The molecule has 0 amide bonds. The van der Waals surface area contributed by atoms with Gasteiger partial charge in [0.2, 0.25) is 0 Å². The van der Waals surface area contributed by atoms with Crippen molar-refractivity contribution in [1.29, 1.82) is 0 Å². The maximum atomic E-state index is 4.50. The Balaban J connectivity index is 0.000000992. The average molecular weight is 1370 g/mol. The SMILES string of the molecule is C.Cc1c(C)c(C)c(S)c(C)c1C.Cc1c(C)c(C)c(S)c(C)c1C.Cc1cc(C)c(S)c(C)c1C.Cc1cc(C)c(S)cc1C.Cc1ccc(C)c(S)c1.Cc1ccc(C)c(S)c1C.Cc1ccc(S)cc1.Cc1ccc(S)cc1C.Cc1ccccc1S. The molecule has 9 aromatic rings. The van der Waals surface area contributed by atoms with E-state index in [-0.39, 0.29) is 7.43 Å². The third-order valence-electron chi connectivity index (χ3n) is 17.0. The van der Waals surface area contributed by atoms with Gasteiger partial charge in [0.1, 0.15) is 0 Å². The summed E-state index contributed by atoms with van der Waals surface area (Å²) in [5, 5.41) is 0. The predicted octanol–water partition coefficient (Wildman–Crippen LogP) is 26.4. The summed E-state index contributed by atoms with van der Waals surface area (Å²) < 4.78 is 0. The minimum atomic E-state index is 0. The van der Waals surface area contributed by atoms with Crippen LogP contribution < -0.4 is 0 Å². The second-order valence-corrected chi connectivity index (χ2v) is 27.9. The van der Waals surface area contributed by atoms with Crippen molar-refractivity contribution in [2.24, 2.45) is 0 Å². The highest BCUT2D eigenvalue weighted by Crippen LogP contribution is 2.30. The molecule has 0 N–H and O–H groups in total. The summed E-state index contributed by atoms with van der Waals surface area (Å²) in [5.74, 6) is 0. The van der Waals surface area contributed by atoms with Crippen LogP contribution in [0.15, 0.2) is 159 Å². The monoisotopic (exact) mass is 1370 g/mol. The Kier molecular flexibility index (Phi) is 40.0. The van der Waals surface area contributed by atoms with Gasteiger partial charge in [-0.3, -0.25) is 0 Å². The van der Waals surface area contributed by atoms with Crippen LogP contribution >= 0.6 is 114 Å². The van der Waals surface area contributed by atoms with E-state index in [4.69, 9.17) is 0 Å². The molecule has 0 heterocycles. The summed E-state index contributed by atoms with van der Waals surface area (Å²) in [6.45, 7) is 55.1. The zero-order chi connectivity index (χ0) is 68.6. The first-order chi connectivity index (χ1) is 41.2. The number of rotatable bonds is 0. The van der Waals surface area contributed by atoms with Gasteiger partial charge in [0.05, 0.1) is 0 Å². The van der Waals surface area contributed by atoms with Crippen molar-refractivity contribution in [3.8, 4) is 0 Å². The number of benzene rings is 9. The van der Waals surface area contributed by atoms with Crippen molar-refractivity contribution in [3.05, 3.63) is 260 Å². The summed E-state index contributed by atoms with van der Waals surface area (Å²) in [5.41, 5.74) is 34.3. The van der Waals surface area contributed by atoms with E-state index in [2.05, 4.69) is 347 Å². The lowest BCUT2D eigenvalue weighted by Gasteiger charge is -2.14. The van der Waals surface area contributed by atoms with E-state index in [1.54, 1.807) is 0 Å². The zero-order valence-electron chi connectivity index (χ0n) is 58.5. The van der Waals surface area contributed by atoms with Gasteiger partial charge in [0.25, 0.3) is 0 Å². The largest absolute Gasteiger partial charge is 0.143 e. The van der Waals surface area contributed by atoms with Crippen LogP contribution in [0.25, 0.3) is 0 Å². The minimum Gasteiger partial charge on any atom is -0.143 e. The zero-order valence-corrected chi connectivity index (χ0v) is 66.5. The van der Waals surface area contributed by atoms with Gasteiger partial charge >= 0.3 is 0 Å². The van der Waals surface area contributed by atoms with Crippen molar-refractivity contribution in [2.45, 2.75) is 232 Å². The fourth-order valence-corrected chi connectivity index (χ4v) is 10.9. The molecule has 90 heavy (non-hydrogen) atoms. The molecule has 0 aliphatic heterocycles. The molecule has 0 unspecified atom stereocenters. The molecule has 0 spiro atoms. The Morgan fingerprint density at radius 3 is 0.889 bits per heavy atom. The molecule has 0 fully saturated rings. The molecule has 9 aromatic carbocycles. The summed E-state index contributed by atoms with van der Waals surface area (Å²) in [7, 11) is 0. The maximum absolute atomic E-state index is 4.50. The highest BCUT2D eigenvalue weighted by Gasteiger charge is 2.10. The molecule has 9 heteroatoms. The second-order valence-electron chi connectivity index (χ2n) is 23.6. The smallest absolute Gasteiger partial charge is 0.0104 e. The Labute approximate surface area is 599 Å². The highest BCUT2D eigenvalue weighted by molar-refractivity contribution is 7.81. The fourth-order valence-electron chi connectivity index (χ4n) is 8.67. The maximum Gasteiger partial charge on any atom is 0.0104 e. The highest BCUT2D eigenvalue weighted by atomic mass is 32.1. The second kappa shape index (κ2) is 41.8. The standard InChI is InChI=1S/2C11H16S.C10H14S.2C9H12S.2C8H10S.2C7H8S.CH4/c2*1-6-7(2)9(4)11(12)10(5)8(6)3;1-6-5-7(2)10(11)9(4)8(6)3;1-6-4-8(3)9(10)5-7(6)2;1-6-4-5-7(2)9(10)8(6)3;1-6-3-4-8(9)5-7(6)2;1-6-3-4-7(2)8(9)5-6;1-6-2-4-7(8)5-3-6;1-6-4-2-3-5-7(6)8;/h2*12H,1-5H3;5,11H,1-4H3;2*4-5,10H,1-3H3;2*3-5,9H,1-2H3;2*2-5,8H,1H3;1H4. The molecule has 0 radical (unpaired) electrons. The van der Waals surface area contributed by atoms with E-state index in [1.807, 2.05) is 61.5 Å². The molecule has 9 rings (SSSR count). The first-order valence-corrected chi connectivity index (χ1v) is 34.1. The number of hydrogen-bond donors (Lipinski definition) is 9. The van der Waals surface area contributed by atoms with E-state index in [0.29, 0.717) is 0 Å². The van der Waals surface area contributed by atoms with E-state index < -0.39 is 0 Å².